The summed E-state index contributed by atoms with van der Waals surface area (Å²) in [7, 11) is 3.02. The number of hydrogen-bond acceptors (Lipinski definition) is 6. The van der Waals surface area contributed by atoms with E-state index in [4.69, 9.17) is 4.74 Å². The van der Waals surface area contributed by atoms with Crippen LogP contribution in [0.15, 0.2) is 28.8 Å². The lowest BCUT2D eigenvalue weighted by Crippen LogP contribution is -2.27. The summed E-state index contributed by atoms with van der Waals surface area (Å²) in [6, 6.07) is 0. The molecule has 0 fully saturated rings. The van der Waals surface area contributed by atoms with Gasteiger partial charge in [0.1, 0.15) is 16.4 Å². The van der Waals surface area contributed by atoms with Crippen LogP contribution < -0.4 is 0 Å². The fourth-order valence-electron chi connectivity index (χ4n) is 0.655. The molecular weight excluding hydrogens is 274 g/mol. The second-order valence-electron chi connectivity index (χ2n) is 3.50. The molecule has 0 aromatic rings. The molecule has 0 atom stereocenters. The third kappa shape index (κ3) is 8.40. The van der Waals surface area contributed by atoms with Crippen LogP contribution in [0.5, 0.6) is 0 Å². The molecule has 0 aliphatic rings. The van der Waals surface area contributed by atoms with E-state index in [0.29, 0.717) is 12.4 Å². The minimum absolute atomic E-state index is 0.310. The summed E-state index contributed by atoms with van der Waals surface area (Å²) in [5, 5.41) is 0.783. The molecule has 0 radical (unpaired) electrons. The predicted octanol–water partition coefficient (Wildman–Crippen LogP) is 3.35. The molecule has 96 valence electrons. The van der Waals surface area contributed by atoms with Crippen molar-refractivity contribution in [3.8, 4) is 0 Å². The number of rotatable bonds is 8. The second-order valence-corrected chi connectivity index (χ2v) is 7.05. The maximum absolute atomic E-state index is 11.4. The van der Waals surface area contributed by atoms with Crippen LogP contribution in [0.1, 0.15) is 13.8 Å². The van der Waals surface area contributed by atoms with Crippen molar-refractivity contribution in [1.29, 1.82) is 0 Å². The number of carbonyl (C=O) groups is 1. The summed E-state index contributed by atoms with van der Waals surface area (Å²) >= 11 is 4.12. The van der Waals surface area contributed by atoms with Crippen molar-refractivity contribution < 1.29 is 9.53 Å². The van der Waals surface area contributed by atoms with Gasteiger partial charge in [0.05, 0.1) is 0 Å². The number of thiol groups is 1. The Hall–Kier alpha value is -0.330. The number of ether oxygens (including phenoxy) is 1. The van der Waals surface area contributed by atoms with Gasteiger partial charge in [-0.05, 0) is 37.4 Å². The van der Waals surface area contributed by atoms with Gasteiger partial charge in [0.15, 0.2) is 0 Å². The quantitative estimate of drug-likeness (QED) is 0.186. The summed E-state index contributed by atoms with van der Waals surface area (Å²) in [6.07, 6.45) is 3.43. The zero-order chi connectivity index (χ0) is 13.3. The first-order valence-electron chi connectivity index (χ1n) is 4.90. The van der Waals surface area contributed by atoms with Crippen molar-refractivity contribution in [2.75, 3.05) is 12.4 Å². The van der Waals surface area contributed by atoms with E-state index in [2.05, 4.69) is 30.9 Å². The van der Waals surface area contributed by atoms with E-state index in [0.717, 1.165) is 5.03 Å². The van der Waals surface area contributed by atoms with E-state index in [1.54, 1.807) is 36.8 Å². The third-order valence-corrected chi connectivity index (χ3v) is 3.90. The lowest BCUT2D eigenvalue weighted by Gasteiger charge is -2.15. The standard InChI is InChI=1S/C11H17NO2S3/c1-5-6-9(12-4)17-16-8-7-14-10(13)11(2,3)15/h5-6,15H,1,4,7-8H2,2-3H3/b9-6+. The highest BCUT2D eigenvalue weighted by atomic mass is 33.1. The summed E-state index contributed by atoms with van der Waals surface area (Å²) in [5.41, 5.74) is 0. The molecule has 0 aromatic carbocycles. The largest absolute Gasteiger partial charge is 0.464 e. The Balaban J connectivity index is 3.73. The Labute approximate surface area is 116 Å². The van der Waals surface area contributed by atoms with Crippen molar-refractivity contribution in [1.82, 2.24) is 0 Å². The van der Waals surface area contributed by atoms with E-state index >= 15 is 0 Å². The molecule has 0 saturated carbocycles. The van der Waals surface area contributed by atoms with E-state index in [1.165, 1.54) is 10.8 Å². The van der Waals surface area contributed by atoms with E-state index in [-0.39, 0.29) is 5.97 Å². The van der Waals surface area contributed by atoms with Gasteiger partial charge >= 0.3 is 5.97 Å². The Morgan fingerprint density at radius 2 is 2.24 bits per heavy atom. The zero-order valence-corrected chi connectivity index (χ0v) is 12.5. The summed E-state index contributed by atoms with van der Waals surface area (Å²) in [5.74, 6) is 0.375. The number of aliphatic imine (C=N–C) groups is 1. The van der Waals surface area contributed by atoms with Crippen molar-refractivity contribution in [2.45, 2.75) is 18.6 Å². The number of nitrogens with zero attached hydrogens (tertiary/aromatic N) is 1. The first-order valence-corrected chi connectivity index (χ1v) is 7.67. The minimum atomic E-state index is -0.742. The highest BCUT2D eigenvalue weighted by Crippen LogP contribution is 2.30. The summed E-state index contributed by atoms with van der Waals surface area (Å²) in [6.45, 7) is 10.8. The maximum Gasteiger partial charge on any atom is 0.321 e. The van der Waals surface area contributed by atoms with Crippen LogP contribution in [0.4, 0.5) is 0 Å². The van der Waals surface area contributed by atoms with Gasteiger partial charge in [0.25, 0.3) is 0 Å². The monoisotopic (exact) mass is 291 g/mol. The Bertz CT molecular complexity index is 308. The van der Waals surface area contributed by atoms with Crippen molar-refractivity contribution >= 4 is 46.9 Å². The van der Waals surface area contributed by atoms with Crippen molar-refractivity contribution in [3.63, 3.8) is 0 Å². The molecule has 0 aromatic heterocycles. The van der Waals surface area contributed by atoms with Gasteiger partial charge in [0, 0.05) is 5.75 Å². The smallest absolute Gasteiger partial charge is 0.321 e. The van der Waals surface area contributed by atoms with E-state index in [9.17, 15) is 4.79 Å². The molecule has 6 heteroatoms. The van der Waals surface area contributed by atoms with E-state index < -0.39 is 4.75 Å². The van der Waals surface area contributed by atoms with Gasteiger partial charge < -0.3 is 4.74 Å². The van der Waals surface area contributed by atoms with E-state index in [1.807, 2.05) is 0 Å². The molecule has 0 aliphatic carbocycles. The van der Waals surface area contributed by atoms with Gasteiger partial charge in [-0.1, -0.05) is 23.4 Å². The lowest BCUT2D eigenvalue weighted by atomic mass is 10.2. The molecule has 0 saturated heterocycles. The van der Waals surface area contributed by atoms with Crippen LogP contribution >= 0.6 is 34.2 Å². The van der Waals surface area contributed by atoms with Crippen LogP contribution in [0.25, 0.3) is 0 Å². The maximum atomic E-state index is 11.4. The molecule has 0 rings (SSSR count). The number of esters is 1. The first kappa shape index (κ1) is 16.7. The molecule has 0 heterocycles. The molecule has 0 N–H and O–H groups in total. The van der Waals surface area contributed by atoms with Crippen LogP contribution in [0.2, 0.25) is 0 Å². The highest BCUT2D eigenvalue weighted by molar-refractivity contribution is 8.78. The van der Waals surface area contributed by atoms with Gasteiger partial charge in [-0.15, -0.1) is 0 Å². The summed E-state index contributed by atoms with van der Waals surface area (Å²) < 4.78 is 4.30. The molecule has 0 spiro atoms. The van der Waals surface area contributed by atoms with Gasteiger partial charge in [0.2, 0.25) is 0 Å². The van der Waals surface area contributed by atoms with Crippen LogP contribution in [-0.4, -0.2) is 29.8 Å². The predicted molar refractivity (Wildman–Crippen MR) is 81.9 cm³/mol. The van der Waals surface area contributed by atoms with Crippen LogP contribution in [0.3, 0.4) is 0 Å². The molecular formula is C11H17NO2S3. The van der Waals surface area contributed by atoms with Crippen LogP contribution in [-0.2, 0) is 9.53 Å². The van der Waals surface area contributed by atoms with Gasteiger partial charge in [-0.3, -0.25) is 9.79 Å². The van der Waals surface area contributed by atoms with Crippen molar-refractivity contribution in [2.24, 2.45) is 4.99 Å². The third-order valence-electron chi connectivity index (χ3n) is 1.46. The molecule has 0 bridgehead atoms. The Morgan fingerprint density at radius 3 is 2.71 bits per heavy atom. The zero-order valence-electron chi connectivity index (χ0n) is 10.0. The highest BCUT2D eigenvalue weighted by Gasteiger charge is 2.23. The molecule has 0 unspecified atom stereocenters. The number of hydrogen-bond donors (Lipinski definition) is 1. The SMILES string of the molecule is C=C/C=C(\N=C)SSCCOC(=O)C(C)(C)S. The average Bonchev–Trinajstić information content (AvgIpc) is 2.25. The number of allylic oxidation sites excluding steroid dienone is 2. The fraction of sp³-hybridized carbons (Fsp3) is 0.455. The van der Waals surface area contributed by atoms with Gasteiger partial charge in [-0.2, -0.15) is 12.6 Å². The lowest BCUT2D eigenvalue weighted by molar-refractivity contribution is -0.144. The molecule has 3 nitrogen and oxygen atoms in total. The first-order chi connectivity index (χ1) is 7.91. The van der Waals surface area contributed by atoms with Crippen molar-refractivity contribution in [3.05, 3.63) is 23.8 Å². The normalized spacial score (nSPS) is 12.1. The Morgan fingerprint density at radius 1 is 1.59 bits per heavy atom. The fourth-order valence-corrected chi connectivity index (χ4v) is 2.42. The Kier molecular flexibility index (Phi) is 8.55. The topological polar surface area (TPSA) is 38.7 Å². The average molecular weight is 291 g/mol. The minimum Gasteiger partial charge on any atom is -0.464 e. The summed E-state index contributed by atoms with van der Waals surface area (Å²) in [4.78, 5) is 15.2. The van der Waals surface area contributed by atoms with Gasteiger partial charge in [-0.25, -0.2) is 0 Å². The molecule has 17 heavy (non-hydrogen) atoms. The number of carbonyl (C=O) groups excluding carboxylic acids is 1. The second kappa shape index (κ2) is 8.72. The molecule has 0 aliphatic heterocycles. The van der Waals surface area contributed by atoms with Crippen LogP contribution in [0, 0.1) is 0 Å². The molecule has 0 amide bonds.